The second kappa shape index (κ2) is 11.0. The topological polar surface area (TPSA) is 71.5 Å². The zero-order chi connectivity index (χ0) is 23.3. The van der Waals surface area contributed by atoms with Crippen LogP contribution in [0.1, 0.15) is 24.3 Å². The molecular weight excluding hydrogens is 467 g/mol. The third-order valence-electron chi connectivity index (χ3n) is 4.99. The summed E-state index contributed by atoms with van der Waals surface area (Å²) in [6.07, 6.45) is 1.22. The molecule has 32 heavy (non-hydrogen) atoms. The molecule has 1 atom stereocenters. The lowest BCUT2D eigenvalue weighted by Crippen LogP contribution is -2.25. The van der Waals surface area contributed by atoms with Crippen LogP contribution < -0.4 is 10.1 Å². The van der Waals surface area contributed by atoms with Crippen molar-refractivity contribution in [3.05, 3.63) is 63.0 Å². The minimum Gasteiger partial charge on any atom is -0.496 e. The fraction of sp³-hybridized carbons (Fsp3) is 0.333. The Kier molecular flexibility index (Phi) is 8.40. The largest absolute Gasteiger partial charge is 0.496 e. The van der Waals surface area contributed by atoms with Gasteiger partial charge in [-0.15, -0.1) is 11.3 Å². The van der Waals surface area contributed by atoms with Gasteiger partial charge in [0.2, 0.25) is 0 Å². The van der Waals surface area contributed by atoms with Crippen molar-refractivity contribution in [2.24, 2.45) is 11.8 Å². The van der Waals surface area contributed by atoms with Crippen LogP contribution in [0.5, 0.6) is 5.75 Å². The third-order valence-corrected chi connectivity index (χ3v) is 6.77. The van der Waals surface area contributed by atoms with Gasteiger partial charge in [-0.1, -0.05) is 61.3 Å². The molecule has 170 valence electrons. The van der Waals surface area contributed by atoms with E-state index in [1.807, 2.05) is 36.4 Å². The van der Waals surface area contributed by atoms with Crippen LogP contribution in [0.3, 0.4) is 0 Å². The van der Waals surface area contributed by atoms with E-state index in [9.17, 15) is 9.90 Å². The fourth-order valence-electron chi connectivity index (χ4n) is 3.40. The van der Waals surface area contributed by atoms with Crippen LogP contribution in [-0.4, -0.2) is 29.7 Å². The number of thiazole rings is 1. The van der Waals surface area contributed by atoms with Crippen molar-refractivity contribution in [3.8, 4) is 17.0 Å². The second-order valence-electron chi connectivity index (χ2n) is 7.95. The van der Waals surface area contributed by atoms with E-state index in [1.54, 1.807) is 24.5 Å². The highest BCUT2D eigenvalue weighted by molar-refractivity contribution is 7.16. The minimum atomic E-state index is -0.868. The number of ether oxygens (including phenoxy) is 1. The van der Waals surface area contributed by atoms with Crippen molar-refractivity contribution >= 4 is 45.6 Å². The lowest BCUT2D eigenvalue weighted by Gasteiger charge is -2.15. The molecule has 1 aromatic heterocycles. The number of para-hydroxylation sites is 1. The van der Waals surface area contributed by atoms with Crippen molar-refractivity contribution < 1.29 is 14.6 Å². The molecule has 3 rings (SSSR count). The number of aliphatic carboxylic acids is 1. The molecule has 0 saturated heterocycles. The first-order valence-electron chi connectivity index (χ1n) is 10.3. The molecule has 5 nitrogen and oxygen atoms in total. The van der Waals surface area contributed by atoms with E-state index in [-0.39, 0.29) is 6.54 Å². The van der Waals surface area contributed by atoms with Gasteiger partial charge in [0.1, 0.15) is 5.75 Å². The molecule has 0 saturated carbocycles. The standard InChI is InChI=1S/C24H26Cl2N2O3S/c1-14(2)10-21-22(16-8-9-18(25)19(26)12-16)28-24(32-21)27-13-17(23(29)30)11-15-6-4-5-7-20(15)31-3/h4-9,12,14,17H,10-11,13H2,1-3H3,(H,27,28)(H,29,30). The Bertz CT molecular complexity index is 1080. The van der Waals surface area contributed by atoms with Gasteiger partial charge in [0, 0.05) is 17.0 Å². The van der Waals surface area contributed by atoms with E-state index < -0.39 is 11.9 Å². The van der Waals surface area contributed by atoms with E-state index >= 15 is 0 Å². The first kappa shape index (κ1) is 24.4. The molecule has 2 N–H and O–H groups in total. The number of benzene rings is 2. The Labute approximate surface area is 202 Å². The van der Waals surface area contributed by atoms with Crippen LogP contribution in [0.15, 0.2) is 42.5 Å². The Morgan fingerprint density at radius 2 is 1.91 bits per heavy atom. The predicted octanol–water partition coefficient (Wildman–Crippen LogP) is 6.68. The molecule has 2 aromatic carbocycles. The second-order valence-corrected chi connectivity index (χ2v) is 9.85. The quantitative estimate of drug-likeness (QED) is 0.330. The molecule has 0 fully saturated rings. The number of carboxylic acids is 1. The monoisotopic (exact) mass is 492 g/mol. The molecule has 0 aliphatic rings. The number of nitrogens with zero attached hydrogens (tertiary/aromatic N) is 1. The van der Waals surface area contributed by atoms with Gasteiger partial charge in [-0.05, 0) is 42.5 Å². The van der Waals surface area contributed by atoms with E-state index in [2.05, 4.69) is 19.2 Å². The van der Waals surface area contributed by atoms with Crippen molar-refractivity contribution in [1.29, 1.82) is 0 Å². The van der Waals surface area contributed by atoms with Crippen LogP contribution in [0, 0.1) is 11.8 Å². The van der Waals surface area contributed by atoms with Gasteiger partial charge in [-0.25, -0.2) is 4.98 Å². The lowest BCUT2D eigenvalue weighted by molar-refractivity contribution is -0.141. The molecule has 1 heterocycles. The summed E-state index contributed by atoms with van der Waals surface area (Å²) in [5, 5.41) is 14.7. The maximum absolute atomic E-state index is 11.9. The molecule has 3 aromatic rings. The molecule has 0 amide bonds. The summed E-state index contributed by atoms with van der Waals surface area (Å²) in [7, 11) is 1.59. The number of halogens is 2. The molecule has 0 radical (unpaired) electrons. The zero-order valence-electron chi connectivity index (χ0n) is 18.2. The van der Waals surface area contributed by atoms with Crippen LogP contribution >= 0.6 is 34.5 Å². The van der Waals surface area contributed by atoms with Gasteiger partial charge in [0.05, 0.1) is 28.8 Å². The Morgan fingerprint density at radius 1 is 1.16 bits per heavy atom. The molecule has 0 aliphatic carbocycles. The summed E-state index contributed by atoms with van der Waals surface area (Å²) in [5.74, 6) is -0.361. The van der Waals surface area contributed by atoms with E-state index in [0.29, 0.717) is 33.3 Å². The van der Waals surface area contributed by atoms with Gasteiger partial charge >= 0.3 is 5.97 Å². The maximum Gasteiger partial charge on any atom is 0.308 e. The van der Waals surface area contributed by atoms with Crippen LogP contribution in [0.25, 0.3) is 11.3 Å². The predicted molar refractivity (Wildman–Crippen MR) is 132 cm³/mol. The number of hydrogen-bond donors (Lipinski definition) is 2. The SMILES string of the molecule is COc1ccccc1CC(CNc1nc(-c2ccc(Cl)c(Cl)c2)c(CC(C)C)s1)C(=O)O. The van der Waals surface area contributed by atoms with Gasteiger partial charge < -0.3 is 15.2 Å². The summed E-state index contributed by atoms with van der Waals surface area (Å²) >= 11 is 13.8. The summed E-state index contributed by atoms with van der Waals surface area (Å²) in [5.41, 5.74) is 2.60. The number of rotatable bonds is 10. The number of hydrogen-bond acceptors (Lipinski definition) is 5. The molecule has 1 unspecified atom stereocenters. The summed E-state index contributed by atoms with van der Waals surface area (Å²) in [6.45, 7) is 4.56. The first-order chi connectivity index (χ1) is 15.3. The molecule has 8 heteroatoms. The van der Waals surface area contributed by atoms with Gasteiger partial charge in [-0.3, -0.25) is 4.79 Å². The normalized spacial score (nSPS) is 12.1. The fourth-order valence-corrected chi connectivity index (χ4v) is 4.90. The highest BCUT2D eigenvalue weighted by Crippen LogP contribution is 2.36. The molecular formula is C24H26Cl2N2O3S. The van der Waals surface area contributed by atoms with Crippen molar-refractivity contribution in [1.82, 2.24) is 4.98 Å². The summed E-state index contributed by atoms with van der Waals surface area (Å²) in [6, 6.07) is 13.0. The van der Waals surface area contributed by atoms with Crippen molar-refractivity contribution in [2.45, 2.75) is 26.7 Å². The summed E-state index contributed by atoms with van der Waals surface area (Å²) in [4.78, 5) is 17.8. The Balaban J connectivity index is 1.81. The molecule has 0 spiro atoms. The number of nitrogens with one attached hydrogen (secondary N) is 1. The maximum atomic E-state index is 11.9. The van der Waals surface area contributed by atoms with Gasteiger partial charge in [-0.2, -0.15) is 0 Å². The number of aromatic nitrogens is 1. The number of methoxy groups -OCH3 is 1. The van der Waals surface area contributed by atoms with Crippen molar-refractivity contribution in [3.63, 3.8) is 0 Å². The van der Waals surface area contributed by atoms with E-state index in [1.165, 1.54) is 0 Å². The van der Waals surface area contributed by atoms with Crippen molar-refractivity contribution in [2.75, 3.05) is 19.0 Å². The Hall–Kier alpha value is -2.28. The first-order valence-corrected chi connectivity index (χ1v) is 11.9. The van der Waals surface area contributed by atoms with Crippen LogP contribution in [0.2, 0.25) is 10.0 Å². The average Bonchev–Trinajstić information content (AvgIpc) is 3.15. The zero-order valence-corrected chi connectivity index (χ0v) is 20.5. The lowest BCUT2D eigenvalue weighted by atomic mass is 9.98. The highest BCUT2D eigenvalue weighted by atomic mass is 35.5. The third kappa shape index (κ3) is 6.15. The van der Waals surface area contributed by atoms with Gasteiger partial charge in [0.15, 0.2) is 5.13 Å². The smallest absolute Gasteiger partial charge is 0.308 e. The minimum absolute atomic E-state index is 0.253. The van der Waals surface area contributed by atoms with Crippen LogP contribution in [0.4, 0.5) is 5.13 Å². The van der Waals surface area contributed by atoms with Crippen LogP contribution in [-0.2, 0) is 17.6 Å². The highest BCUT2D eigenvalue weighted by Gasteiger charge is 2.21. The number of carbonyl (C=O) groups is 1. The molecule has 0 bridgehead atoms. The number of carboxylic acid groups (broad SMARTS) is 1. The molecule has 0 aliphatic heterocycles. The Morgan fingerprint density at radius 3 is 2.56 bits per heavy atom. The average molecular weight is 493 g/mol. The van der Waals surface area contributed by atoms with E-state index in [4.69, 9.17) is 32.9 Å². The number of anilines is 1. The van der Waals surface area contributed by atoms with E-state index in [0.717, 1.165) is 28.1 Å². The summed E-state index contributed by atoms with van der Waals surface area (Å²) < 4.78 is 5.37. The van der Waals surface area contributed by atoms with Gasteiger partial charge in [0.25, 0.3) is 0 Å².